The molecule has 3 N–H and O–H groups in total. The first-order valence-electron chi connectivity index (χ1n) is 5.55. The zero-order valence-electron chi connectivity index (χ0n) is 9.69. The van der Waals surface area contributed by atoms with E-state index < -0.39 is 5.82 Å². The van der Waals surface area contributed by atoms with Gasteiger partial charge in [0.25, 0.3) is 5.91 Å². The minimum Gasteiger partial charge on any atom is -0.326 e. The summed E-state index contributed by atoms with van der Waals surface area (Å²) >= 11 is 0. The van der Waals surface area contributed by atoms with Gasteiger partial charge < -0.3 is 11.1 Å². The van der Waals surface area contributed by atoms with Crippen LogP contribution >= 0.6 is 0 Å². The van der Waals surface area contributed by atoms with Gasteiger partial charge in [-0.2, -0.15) is 0 Å². The molecule has 18 heavy (non-hydrogen) atoms. The van der Waals surface area contributed by atoms with Crippen molar-refractivity contribution in [3.05, 3.63) is 65.5 Å². The number of anilines is 1. The summed E-state index contributed by atoms with van der Waals surface area (Å²) in [6.07, 6.45) is 0. The van der Waals surface area contributed by atoms with Crippen molar-refractivity contribution in [2.75, 3.05) is 5.32 Å². The second kappa shape index (κ2) is 5.42. The Bertz CT molecular complexity index is 569. The van der Waals surface area contributed by atoms with Crippen LogP contribution in [-0.4, -0.2) is 5.91 Å². The van der Waals surface area contributed by atoms with Crippen molar-refractivity contribution in [1.82, 2.24) is 0 Å². The van der Waals surface area contributed by atoms with Crippen LogP contribution in [-0.2, 0) is 6.54 Å². The summed E-state index contributed by atoms with van der Waals surface area (Å²) in [7, 11) is 0. The van der Waals surface area contributed by atoms with Gasteiger partial charge in [0.2, 0.25) is 0 Å². The van der Waals surface area contributed by atoms with Gasteiger partial charge in [0.15, 0.2) is 0 Å². The van der Waals surface area contributed by atoms with E-state index >= 15 is 0 Å². The summed E-state index contributed by atoms with van der Waals surface area (Å²) in [5, 5.41) is 2.52. The van der Waals surface area contributed by atoms with Gasteiger partial charge in [-0.3, -0.25) is 4.79 Å². The van der Waals surface area contributed by atoms with Crippen molar-refractivity contribution < 1.29 is 9.18 Å². The van der Waals surface area contributed by atoms with Crippen LogP contribution in [0.5, 0.6) is 0 Å². The second-order valence-electron chi connectivity index (χ2n) is 3.84. The molecule has 2 rings (SSSR count). The molecule has 1 amide bonds. The molecule has 92 valence electrons. The smallest absolute Gasteiger partial charge is 0.255 e. The van der Waals surface area contributed by atoms with Gasteiger partial charge in [-0.05, 0) is 29.8 Å². The summed E-state index contributed by atoms with van der Waals surface area (Å²) in [5.41, 5.74) is 6.99. The highest BCUT2D eigenvalue weighted by Gasteiger charge is 2.08. The third-order valence-corrected chi connectivity index (χ3v) is 2.55. The van der Waals surface area contributed by atoms with Gasteiger partial charge in [-0.25, -0.2) is 4.39 Å². The van der Waals surface area contributed by atoms with Crippen LogP contribution in [0.15, 0.2) is 48.5 Å². The molecule has 2 aromatic rings. The fourth-order valence-corrected chi connectivity index (χ4v) is 1.60. The van der Waals surface area contributed by atoms with Gasteiger partial charge in [-0.15, -0.1) is 0 Å². The Hall–Kier alpha value is -2.20. The number of nitrogens with two attached hydrogens (primary N) is 1. The molecule has 0 fully saturated rings. The average molecular weight is 244 g/mol. The number of halogens is 1. The maximum absolute atomic E-state index is 13.4. The highest BCUT2D eigenvalue weighted by molar-refractivity contribution is 6.04. The number of para-hydroxylation sites is 1. The average Bonchev–Trinajstić information content (AvgIpc) is 2.41. The molecular weight excluding hydrogens is 231 g/mol. The Morgan fingerprint density at radius 1 is 1.17 bits per heavy atom. The molecular formula is C14H13FN2O. The quantitative estimate of drug-likeness (QED) is 0.871. The molecule has 2 aromatic carbocycles. The zero-order chi connectivity index (χ0) is 13.0. The van der Waals surface area contributed by atoms with Crippen LogP contribution in [0.2, 0.25) is 0 Å². The molecule has 0 aliphatic carbocycles. The number of hydrogen-bond donors (Lipinski definition) is 2. The minimum absolute atomic E-state index is 0.167. The number of rotatable bonds is 3. The van der Waals surface area contributed by atoms with E-state index in [4.69, 9.17) is 5.73 Å². The SMILES string of the molecule is NCc1cccc(C(=O)Nc2ccccc2F)c1. The lowest BCUT2D eigenvalue weighted by Crippen LogP contribution is -2.13. The molecule has 0 atom stereocenters. The Labute approximate surface area is 104 Å². The Morgan fingerprint density at radius 2 is 1.94 bits per heavy atom. The molecule has 3 nitrogen and oxygen atoms in total. The first kappa shape index (κ1) is 12.3. The molecule has 0 aliphatic rings. The monoisotopic (exact) mass is 244 g/mol. The molecule has 0 heterocycles. The number of carbonyl (C=O) groups is 1. The summed E-state index contributed by atoms with van der Waals surface area (Å²) in [4.78, 5) is 11.9. The third kappa shape index (κ3) is 2.73. The molecule has 0 aliphatic heterocycles. The van der Waals surface area contributed by atoms with E-state index in [0.29, 0.717) is 12.1 Å². The first-order chi connectivity index (χ1) is 8.70. The highest BCUT2D eigenvalue weighted by atomic mass is 19.1. The maximum Gasteiger partial charge on any atom is 0.255 e. The molecule has 0 radical (unpaired) electrons. The molecule has 0 saturated heterocycles. The molecule has 0 bridgehead atoms. The summed E-state index contributed by atoms with van der Waals surface area (Å²) in [5.74, 6) is -0.809. The minimum atomic E-state index is -0.458. The Balaban J connectivity index is 2.19. The van der Waals surface area contributed by atoms with Gasteiger partial charge in [0.05, 0.1) is 5.69 Å². The number of amides is 1. The normalized spacial score (nSPS) is 10.1. The van der Waals surface area contributed by atoms with Crippen molar-refractivity contribution in [2.45, 2.75) is 6.54 Å². The maximum atomic E-state index is 13.4. The van der Waals surface area contributed by atoms with Crippen LogP contribution < -0.4 is 11.1 Å². The van der Waals surface area contributed by atoms with Crippen LogP contribution in [0.4, 0.5) is 10.1 Å². The van der Waals surface area contributed by atoms with Crippen molar-refractivity contribution in [3.63, 3.8) is 0 Å². The van der Waals surface area contributed by atoms with Crippen molar-refractivity contribution in [1.29, 1.82) is 0 Å². The van der Waals surface area contributed by atoms with E-state index in [9.17, 15) is 9.18 Å². The van der Waals surface area contributed by atoms with Crippen LogP contribution in [0.3, 0.4) is 0 Å². The predicted octanol–water partition coefficient (Wildman–Crippen LogP) is 2.54. The fourth-order valence-electron chi connectivity index (χ4n) is 1.60. The fraction of sp³-hybridized carbons (Fsp3) is 0.0714. The predicted molar refractivity (Wildman–Crippen MR) is 68.7 cm³/mol. The van der Waals surface area contributed by atoms with E-state index in [1.807, 2.05) is 6.07 Å². The number of carbonyl (C=O) groups excluding carboxylic acids is 1. The number of nitrogens with one attached hydrogen (secondary N) is 1. The van der Waals surface area contributed by atoms with Crippen LogP contribution in [0.25, 0.3) is 0 Å². The lowest BCUT2D eigenvalue weighted by Gasteiger charge is -2.07. The van der Waals surface area contributed by atoms with E-state index in [0.717, 1.165) is 5.56 Å². The Kier molecular flexibility index (Phi) is 3.69. The van der Waals surface area contributed by atoms with E-state index in [1.165, 1.54) is 12.1 Å². The summed E-state index contributed by atoms with van der Waals surface area (Å²) in [6.45, 7) is 0.362. The number of benzene rings is 2. The van der Waals surface area contributed by atoms with Crippen molar-refractivity contribution >= 4 is 11.6 Å². The summed E-state index contributed by atoms with van der Waals surface area (Å²) in [6, 6.07) is 13.0. The van der Waals surface area contributed by atoms with E-state index in [-0.39, 0.29) is 11.6 Å². The lowest BCUT2D eigenvalue weighted by molar-refractivity contribution is 0.102. The standard InChI is InChI=1S/C14H13FN2O/c15-12-6-1-2-7-13(12)17-14(18)11-5-3-4-10(8-11)9-16/h1-8H,9,16H2,(H,17,18). The van der Waals surface area contributed by atoms with E-state index in [1.54, 1.807) is 30.3 Å². The van der Waals surface area contributed by atoms with Gasteiger partial charge in [0.1, 0.15) is 5.82 Å². The molecule has 4 heteroatoms. The Morgan fingerprint density at radius 3 is 2.67 bits per heavy atom. The van der Waals surface area contributed by atoms with Crippen LogP contribution in [0, 0.1) is 5.82 Å². The molecule has 0 saturated carbocycles. The summed E-state index contributed by atoms with van der Waals surface area (Å²) < 4.78 is 13.4. The second-order valence-corrected chi connectivity index (χ2v) is 3.84. The third-order valence-electron chi connectivity index (χ3n) is 2.55. The highest BCUT2D eigenvalue weighted by Crippen LogP contribution is 2.14. The zero-order valence-corrected chi connectivity index (χ0v) is 9.69. The first-order valence-corrected chi connectivity index (χ1v) is 5.55. The van der Waals surface area contributed by atoms with Gasteiger partial charge in [-0.1, -0.05) is 24.3 Å². The van der Waals surface area contributed by atoms with Gasteiger partial charge >= 0.3 is 0 Å². The van der Waals surface area contributed by atoms with E-state index in [2.05, 4.69) is 5.32 Å². The van der Waals surface area contributed by atoms with Crippen LogP contribution in [0.1, 0.15) is 15.9 Å². The largest absolute Gasteiger partial charge is 0.326 e. The van der Waals surface area contributed by atoms with Crippen molar-refractivity contribution in [3.8, 4) is 0 Å². The number of hydrogen-bond acceptors (Lipinski definition) is 2. The van der Waals surface area contributed by atoms with Crippen molar-refractivity contribution in [2.24, 2.45) is 5.73 Å². The molecule has 0 spiro atoms. The lowest BCUT2D eigenvalue weighted by atomic mass is 10.1. The van der Waals surface area contributed by atoms with Gasteiger partial charge in [0, 0.05) is 12.1 Å². The topological polar surface area (TPSA) is 55.1 Å². The molecule has 0 aromatic heterocycles. The molecule has 0 unspecified atom stereocenters.